The van der Waals surface area contributed by atoms with Crippen molar-refractivity contribution in [2.75, 3.05) is 0 Å². The molecule has 0 aliphatic heterocycles. The van der Waals surface area contributed by atoms with E-state index in [-0.39, 0.29) is 18.9 Å². The molecule has 0 radical (unpaired) electrons. The van der Waals surface area contributed by atoms with Crippen LogP contribution in [-0.2, 0) is 0 Å². The fourth-order valence-electron chi connectivity index (χ4n) is 1.23. The van der Waals surface area contributed by atoms with Gasteiger partial charge in [0.1, 0.15) is 0 Å². The molecule has 0 nitrogen and oxygen atoms in total. The van der Waals surface area contributed by atoms with E-state index in [4.69, 9.17) is 0 Å². The minimum absolute atomic E-state index is 0. The standard InChI is InChI=1S/C8H13.Li/c1-2-5-8-6-3-4-7-8;/h2,5H,3-4,6-7H2,1H3;/q-1;+1/b5-2+;. The van der Waals surface area contributed by atoms with Crippen molar-refractivity contribution in [3.8, 4) is 0 Å². The van der Waals surface area contributed by atoms with Crippen molar-refractivity contribution >= 4 is 0 Å². The summed E-state index contributed by atoms with van der Waals surface area (Å²) in [6.45, 7) is 2.09. The summed E-state index contributed by atoms with van der Waals surface area (Å²) < 4.78 is 0. The van der Waals surface area contributed by atoms with Crippen molar-refractivity contribution in [1.82, 2.24) is 0 Å². The van der Waals surface area contributed by atoms with Gasteiger partial charge in [0.15, 0.2) is 0 Å². The molecule has 0 unspecified atom stereocenters. The second-order valence-corrected chi connectivity index (χ2v) is 2.37. The van der Waals surface area contributed by atoms with E-state index in [0.29, 0.717) is 0 Å². The van der Waals surface area contributed by atoms with Crippen LogP contribution in [0.15, 0.2) is 12.2 Å². The molecule has 0 atom stereocenters. The van der Waals surface area contributed by atoms with E-state index in [0.717, 1.165) is 0 Å². The van der Waals surface area contributed by atoms with E-state index in [1.807, 2.05) is 0 Å². The van der Waals surface area contributed by atoms with Gasteiger partial charge in [-0.2, -0.15) is 0 Å². The average molecular weight is 116 g/mol. The molecule has 0 N–H and O–H groups in total. The van der Waals surface area contributed by atoms with Crippen LogP contribution in [0.3, 0.4) is 0 Å². The van der Waals surface area contributed by atoms with Gasteiger partial charge in [-0.15, -0.1) is 6.92 Å². The van der Waals surface area contributed by atoms with Crippen LogP contribution in [0.2, 0.25) is 0 Å². The number of rotatable bonds is 1. The first kappa shape index (κ1) is 9.21. The summed E-state index contributed by atoms with van der Waals surface area (Å²) in [7, 11) is 0. The number of hydrogen-bond acceptors (Lipinski definition) is 0. The predicted octanol–water partition coefficient (Wildman–Crippen LogP) is -0.285. The molecule has 0 bridgehead atoms. The molecule has 0 heterocycles. The summed E-state index contributed by atoms with van der Waals surface area (Å²) >= 11 is 0. The van der Waals surface area contributed by atoms with Crippen LogP contribution < -0.4 is 18.9 Å². The van der Waals surface area contributed by atoms with Gasteiger partial charge in [0, 0.05) is 0 Å². The van der Waals surface area contributed by atoms with Crippen LogP contribution in [0.1, 0.15) is 32.6 Å². The Bertz CT molecular complexity index is 80.6. The maximum absolute atomic E-state index is 2.26. The van der Waals surface area contributed by atoms with Gasteiger partial charge in [0.05, 0.1) is 0 Å². The third-order valence-corrected chi connectivity index (χ3v) is 1.65. The monoisotopic (exact) mass is 116 g/mol. The van der Waals surface area contributed by atoms with Gasteiger partial charge < -0.3 is 0 Å². The van der Waals surface area contributed by atoms with Crippen molar-refractivity contribution in [2.24, 2.45) is 0 Å². The summed E-state index contributed by atoms with van der Waals surface area (Å²) in [5.41, 5.74) is 0. The maximum Gasteiger partial charge on any atom is 1.00 e. The molecular weight excluding hydrogens is 103 g/mol. The Morgan fingerprint density at radius 2 is 1.78 bits per heavy atom. The van der Waals surface area contributed by atoms with Crippen LogP contribution in [0, 0.1) is 5.92 Å². The zero-order chi connectivity index (χ0) is 5.82. The SMILES string of the molecule is C/C=C/[C-]1CCCC1.[Li+]. The van der Waals surface area contributed by atoms with Crippen molar-refractivity contribution in [3.05, 3.63) is 18.1 Å². The van der Waals surface area contributed by atoms with Crippen molar-refractivity contribution in [1.29, 1.82) is 0 Å². The Kier molecular flexibility index (Phi) is 5.14. The zero-order valence-corrected chi connectivity index (χ0v) is 6.48. The second kappa shape index (κ2) is 5.03. The molecule has 1 aliphatic rings. The van der Waals surface area contributed by atoms with Crippen LogP contribution in [0.25, 0.3) is 0 Å². The molecule has 0 aromatic rings. The average Bonchev–Trinajstić information content (AvgIpc) is 2.19. The quantitative estimate of drug-likeness (QED) is 0.326. The smallest absolute Gasteiger partial charge is 0.233 e. The van der Waals surface area contributed by atoms with Gasteiger partial charge in [0.2, 0.25) is 0 Å². The minimum atomic E-state index is 0. The number of hydrogen-bond donors (Lipinski definition) is 0. The molecule has 1 heteroatoms. The van der Waals surface area contributed by atoms with Gasteiger partial charge in [-0.3, -0.25) is 0 Å². The molecule has 9 heavy (non-hydrogen) atoms. The van der Waals surface area contributed by atoms with E-state index >= 15 is 0 Å². The molecule has 1 rings (SSSR count). The van der Waals surface area contributed by atoms with Crippen LogP contribution in [0.4, 0.5) is 0 Å². The molecule has 1 saturated carbocycles. The first-order chi connectivity index (χ1) is 3.93. The molecule has 1 aliphatic carbocycles. The first-order valence-corrected chi connectivity index (χ1v) is 3.41. The van der Waals surface area contributed by atoms with Crippen molar-refractivity contribution in [3.63, 3.8) is 0 Å². The van der Waals surface area contributed by atoms with Gasteiger partial charge in [-0.25, -0.2) is 18.1 Å². The van der Waals surface area contributed by atoms with E-state index < -0.39 is 0 Å². The van der Waals surface area contributed by atoms with Crippen molar-refractivity contribution < 1.29 is 18.9 Å². The molecule has 0 aromatic carbocycles. The normalized spacial score (nSPS) is 18.6. The zero-order valence-electron chi connectivity index (χ0n) is 6.48. The summed E-state index contributed by atoms with van der Waals surface area (Å²) in [5, 5.41) is 0. The molecule has 0 amide bonds. The maximum atomic E-state index is 2.26. The second-order valence-electron chi connectivity index (χ2n) is 2.37. The molecule has 0 spiro atoms. The Morgan fingerprint density at radius 3 is 2.22 bits per heavy atom. The predicted molar refractivity (Wildman–Crippen MR) is 36.5 cm³/mol. The fourth-order valence-corrected chi connectivity index (χ4v) is 1.23. The Labute approximate surface area is 69.9 Å². The molecule has 1 fully saturated rings. The topological polar surface area (TPSA) is 0 Å². The summed E-state index contributed by atoms with van der Waals surface area (Å²) in [6, 6.07) is 0. The van der Waals surface area contributed by atoms with Crippen LogP contribution >= 0.6 is 0 Å². The van der Waals surface area contributed by atoms with Gasteiger partial charge in [0.25, 0.3) is 0 Å². The van der Waals surface area contributed by atoms with E-state index in [2.05, 4.69) is 19.1 Å². The van der Waals surface area contributed by atoms with Crippen LogP contribution in [-0.4, -0.2) is 0 Å². The van der Waals surface area contributed by atoms with Gasteiger partial charge >= 0.3 is 18.9 Å². The molecule has 0 aromatic heterocycles. The van der Waals surface area contributed by atoms with Crippen LogP contribution in [0.5, 0.6) is 0 Å². The summed E-state index contributed by atoms with van der Waals surface area (Å²) in [5.74, 6) is 1.65. The van der Waals surface area contributed by atoms with Gasteiger partial charge in [-0.1, -0.05) is 25.7 Å². The Morgan fingerprint density at radius 1 is 1.22 bits per heavy atom. The largest absolute Gasteiger partial charge is 1.00 e. The fraction of sp³-hybridized carbons (Fsp3) is 0.625. The first-order valence-electron chi connectivity index (χ1n) is 3.41. The van der Waals surface area contributed by atoms with Gasteiger partial charge in [-0.05, 0) is 0 Å². The summed E-state index contributed by atoms with van der Waals surface area (Å²) in [6.07, 6.45) is 9.93. The minimum Gasteiger partial charge on any atom is -0.233 e. The van der Waals surface area contributed by atoms with E-state index in [1.54, 1.807) is 5.92 Å². The third-order valence-electron chi connectivity index (χ3n) is 1.65. The van der Waals surface area contributed by atoms with E-state index in [1.165, 1.54) is 25.7 Å². The molecular formula is C8H13Li. The Balaban J connectivity index is 0.000000640. The Hall–Kier alpha value is 0.207. The molecule has 46 valence electrons. The third kappa shape index (κ3) is 3.04. The van der Waals surface area contributed by atoms with E-state index in [9.17, 15) is 0 Å². The van der Waals surface area contributed by atoms with Crippen molar-refractivity contribution in [2.45, 2.75) is 32.6 Å². The molecule has 0 saturated heterocycles. The number of allylic oxidation sites excluding steroid dienone is 2. The summed E-state index contributed by atoms with van der Waals surface area (Å²) in [4.78, 5) is 0.